The summed E-state index contributed by atoms with van der Waals surface area (Å²) in [5.41, 5.74) is 5.73. The summed E-state index contributed by atoms with van der Waals surface area (Å²) in [4.78, 5) is 17.1. The van der Waals surface area contributed by atoms with E-state index < -0.39 is 0 Å². The molecular formula is C34H42N6O2. The van der Waals surface area contributed by atoms with Crippen molar-refractivity contribution in [3.8, 4) is 17.0 Å². The maximum atomic E-state index is 5.49. The van der Waals surface area contributed by atoms with E-state index in [9.17, 15) is 0 Å². The number of benzene rings is 3. The van der Waals surface area contributed by atoms with E-state index in [4.69, 9.17) is 14.5 Å². The van der Waals surface area contributed by atoms with Gasteiger partial charge in [0.15, 0.2) is 0 Å². The number of aryl methyl sites for hydroxylation is 1. The van der Waals surface area contributed by atoms with Gasteiger partial charge in [-0.05, 0) is 73.8 Å². The van der Waals surface area contributed by atoms with Gasteiger partial charge < -0.3 is 19.7 Å². The lowest BCUT2D eigenvalue weighted by Gasteiger charge is -2.37. The number of anilines is 2. The second-order valence-electron chi connectivity index (χ2n) is 11.3. The fourth-order valence-electron chi connectivity index (χ4n) is 5.98. The SMILES string of the molecule is COc1cccc(CNc2nccc(-c3cc(N4CCN(CCCN5CCOCC5)CC4)c4cc(C)ccc4c3)n2)c1. The van der Waals surface area contributed by atoms with Crippen molar-refractivity contribution in [2.24, 2.45) is 0 Å². The van der Waals surface area contributed by atoms with Crippen LogP contribution in [0.1, 0.15) is 17.5 Å². The summed E-state index contributed by atoms with van der Waals surface area (Å²) in [6.07, 6.45) is 3.06. The Kier molecular flexibility index (Phi) is 9.13. The van der Waals surface area contributed by atoms with Gasteiger partial charge in [-0.25, -0.2) is 9.97 Å². The number of morpholine rings is 1. The van der Waals surface area contributed by atoms with Crippen LogP contribution in [0.5, 0.6) is 5.75 Å². The average Bonchev–Trinajstić information content (AvgIpc) is 3.04. The van der Waals surface area contributed by atoms with E-state index in [0.717, 1.165) is 81.6 Å². The Morgan fingerprint density at radius 2 is 1.69 bits per heavy atom. The first-order chi connectivity index (χ1) is 20.6. The van der Waals surface area contributed by atoms with Crippen LogP contribution in [0.2, 0.25) is 0 Å². The van der Waals surface area contributed by atoms with Gasteiger partial charge in [-0.1, -0.05) is 29.8 Å². The minimum absolute atomic E-state index is 0.617. The zero-order chi connectivity index (χ0) is 28.7. The van der Waals surface area contributed by atoms with Crippen molar-refractivity contribution >= 4 is 22.4 Å². The molecule has 0 unspecified atom stereocenters. The molecular weight excluding hydrogens is 524 g/mol. The van der Waals surface area contributed by atoms with Crippen molar-refractivity contribution in [3.05, 3.63) is 78.0 Å². The fraction of sp³-hybridized carbons (Fsp3) is 0.412. The van der Waals surface area contributed by atoms with Crippen molar-refractivity contribution < 1.29 is 9.47 Å². The van der Waals surface area contributed by atoms with Gasteiger partial charge in [0.25, 0.3) is 0 Å². The van der Waals surface area contributed by atoms with Gasteiger partial charge in [0.1, 0.15) is 5.75 Å². The van der Waals surface area contributed by atoms with Gasteiger partial charge >= 0.3 is 0 Å². The Bertz CT molecular complexity index is 1480. The Morgan fingerprint density at radius 3 is 2.50 bits per heavy atom. The molecule has 42 heavy (non-hydrogen) atoms. The van der Waals surface area contributed by atoms with Crippen LogP contribution in [0.25, 0.3) is 22.0 Å². The Balaban J connectivity index is 1.16. The molecule has 8 heteroatoms. The Labute approximate surface area is 249 Å². The van der Waals surface area contributed by atoms with Crippen molar-refractivity contribution in [1.29, 1.82) is 0 Å². The molecule has 8 nitrogen and oxygen atoms in total. The van der Waals surface area contributed by atoms with Gasteiger partial charge in [0.2, 0.25) is 5.95 Å². The molecule has 0 amide bonds. The molecule has 1 aromatic heterocycles. The van der Waals surface area contributed by atoms with E-state index in [1.54, 1.807) is 7.11 Å². The van der Waals surface area contributed by atoms with E-state index in [0.29, 0.717) is 12.5 Å². The highest BCUT2D eigenvalue weighted by atomic mass is 16.5. The number of ether oxygens (including phenoxy) is 2. The monoisotopic (exact) mass is 566 g/mol. The number of nitrogens with zero attached hydrogens (tertiary/aromatic N) is 5. The predicted octanol–water partition coefficient (Wildman–Crippen LogP) is 5.07. The summed E-state index contributed by atoms with van der Waals surface area (Å²) in [5.74, 6) is 1.46. The van der Waals surface area contributed by atoms with Crippen LogP contribution in [-0.2, 0) is 11.3 Å². The van der Waals surface area contributed by atoms with Crippen molar-refractivity contribution in [2.75, 3.05) is 82.9 Å². The number of piperazine rings is 1. The Morgan fingerprint density at radius 1 is 0.881 bits per heavy atom. The first-order valence-corrected chi connectivity index (χ1v) is 15.2. The van der Waals surface area contributed by atoms with Crippen LogP contribution in [0.3, 0.4) is 0 Å². The molecule has 2 fully saturated rings. The van der Waals surface area contributed by atoms with E-state index in [-0.39, 0.29) is 0 Å². The normalized spacial score (nSPS) is 16.6. The molecule has 0 bridgehead atoms. The van der Waals surface area contributed by atoms with Crippen LogP contribution in [0, 0.1) is 6.92 Å². The highest BCUT2D eigenvalue weighted by Crippen LogP contribution is 2.34. The smallest absolute Gasteiger partial charge is 0.223 e. The first-order valence-electron chi connectivity index (χ1n) is 15.2. The summed E-state index contributed by atoms with van der Waals surface area (Å²) in [6.45, 7) is 13.3. The summed E-state index contributed by atoms with van der Waals surface area (Å²) in [7, 11) is 1.69. The highest BCUT2D eigenvalue weighted by Gasteiger charge is 2.20. The van der Waals surface area contributed by atoms with Crippen LogP contribution in [0.4, 0.5) is 11.6 Å². The number of rotatable bonds is 10. The van der Waals surface area contributed by atoms with Gasteiger partial charge in [0.05, 0.1) is 26.0 Å². The van der Waals surface area contributed by atoms with Crippen molar-refractivity contribution in [2.45, 2.75) is 19.9 Å². The summed E-state index contributed by atoms with van der Waals surface area (Å²) in [6, 6.07) is 21.4. The summed E-state index contributed by atoms with van der Waals surface area (Å²) in [5, 5.41) is 5.94. The largest absolute Gasteiger partial charge is 0.497 e. The van der Waals surface area contributed by atoms with Crippen LogP contribution in [0.15, 0.2) is 66.9 Å². The summed E-state index contributed by atoms with van der Waals surface area (Å²) < 4.78 is 10.9. The zero-order valence-corrected chi connectivity index (χ0v) is 24.9. The number of methoxy groups -OCH3 is 1. The molecule has 2 saturated heterocycles. The first kappa shape index (κ1) is 28.4. The zero-order valence-electron chi connectivity index (χ0n) is 24.9. The van der Waals surface area contributed by atoms with Crippen LogP contribution < -0.4 is 15.0 Å². The van der Waals surface area contributed by atoms with Crippen molar-refractivity contribution in [1.82, 2.24) is 19.8 Å². The molecule has 6 rings (SSSR count). The molecule has 0 spiro atoms. The van der Waals surface area contributed by atoms with Gasteiger partial charge in [-0.3, -0.25) is 9.80 Å². The molecule has 4 aromatic rings. The third kappa shape index (κ3) is 7.01. The van der Waals surface area contributed by atoms with Gasteiger partial charge in [-0.15, -0.1) is 0 Å². The molecule has 220 valence electrons. The Hall–Kier alpha value is -3.72. The van der Waals surface area contributed by atoms with E-state index in [1.807, 2.05) is 30.5 Å². The number of nitrogens with one attached hydrogen (secondary N) is 1. The lowest BCUT2D eigenvalue weighted by Crippen LogP contribution is -2.47. The summed E-state index contributed by atoms with van der Waals surface area (Å²) >= 11 is 0. The molecule has 0 atom stereocenters. The lowest BCUT2D eigenvalue weighted by atomic mass is 10.00. The predicted molar refractivity (Wildman–Crippen MR) is 171 cm³/mol. The molecule has 0 aliphatic carbocycles. The van der Waals surface area contributed by atoms with Gasteiger partial charge in [-0.2, -0.15) is 0 Å². The van der Waals surface area contributed by atoms with Gasteiger partial charge in [0, 0.05) is 68.6 Å². The molecule has 2 aliphatic heterocycles. The maximum Gasteiger partial charge on any atom is 0.223 e. The average molecular weight is 567 g/mol. The highest BCUT2D eigenvalue weighted by molar-refractivity contribution is 5.98. The third-order valence-corrected chi connectivity index (χ3v) is 8.39. The number of hydrogen-bond donors (Lipinski definition) is 1. The number of aromatic nitrogens is 2. The van der Waals surface area contributed by atoms with Crippen LogP contribution >= 0.6 is 0 Å². The third-order valence-electron chi connectivity index (χ3n) is 8.39. The van der Waals surface area contributed by atoms with E-state index in [2.05, 4.69) is 68.3 Å². The van der Waals surface area contributed by atoms with Crippen LogP contribution in [-0.4, -0.2) is 92.4 Å². The van der Waals surface area contributed by atoms with Crippen molar-refractivity contribution in [3.63, 3.8) is 0 Å². The lowest BCUT2D eigenvalue weighted by molar-refractivity contribution is 0.0360. The fourth-order valence-corrected chi connectivity index (χ4v) is 5.98. The van der Waals surface area contributed by atoms with E-state index >= 15 is 0 Å². The molecule has 3 aromatic carbocycles. The maximum absolute atomic E-state index is 5.49. The minimum Gasteiger partial charge on any atom is -0.497 e. The molecule has 2 aliphatic rings. The minimum atomic E-state index is 0.617. The standard InChI is InChI=1S/C34H42N6O2/c1-26-7-8-28-23-29(32-9-10-35-34(37-32)36-25-27-5-3-6-30(22-27)41-2)24-33(31(28)21-26)40-15-13-38(14-16-40)11-4-12-39-17-19-42-20-18-39/h3,5-10,21-24H,4,11-20,25H2,1-2H3,(H,35,36,37). The second kappa shape index (κ2) is 13.5. The quantitative estimate of drug-likeness (QED) is 0.286. The molecule has 3 heterocycles. The number of hydrogen-bond acceptors (Lipinski definition) is 8. The molecule has 0 radical (unpaired) electrons. The molecule has 1 N–H and O–H groups in total. The van der Waals surface area contributed by atoms with E-state index in [1.165, 1.54) is 35.0 Å². The topological polar surface area (TPSA) is 66.0 Å². The number of fused-ring (bicyclic) bond motifs is 1. The molecule has 0 saturated carbocycles. The second-order valence-corrected chi connectivity index (χ2v) is 11.3.